The van der Waals surface area contributed by atoms with E-state index in [1.807, 2.05) is 6.07 Å². The van der Waals surface area contributed by atoms with Gasteiger partial charge in [0.05, 0.1) is 12.1 Å². The highest BCUT2D eigenvalue weighted by Crippen LogP contribution is 2.24. The lowest BCUT2D eigenvalue weighted by Gasteiger charge is -2.24. The second kappa shape index (κ2) is 5.63. The van der Waals surface area contributed by atoms with Crippen molar-refractivity contribution in [2.24, 2.45) is 0 Å². The molecule has 2 amide bonds. The summed E-state index contributed by atoms with van der Waals surface area (Å²) in [6.45, 7) is 3.30. The minimum atomic E-state index is -0.686. The van der Waals surface area contributed by atoms with Crippen molar-refractivity contribution in [2.45, 2.75) is 38.6 Å². The van der Waals surface area contributed by atoms with Crippen molar-refractivity contribution in [3.63, 3.8) is 0 Å². The Morgan fingerprint density at radius 2 is 2.10 bits per heavy atom. The highest BCUT2D eigenvalue weighted by Gasteiger charge is 2.20. The molecule has 0 saturated heterocycles. The second-order valence-corrected chi connectivity index (χ2v) is 5.77. The number of urea groups is 1. The first-order valence-electron chi connectivity index (χ1n) is 6.77. The van der Waals surface area contributed by atoms with Gasteiger partial charge in [-0.25, -0.2) is 4.79 Å². The van der Waals surface area contributed by atoms with E-state index in [2.05, 4.69) is 10.6 Å². The Labute approximate surface area is 118 Å². The lowest BCUT2D eigenvalue weighted by Crippen LogP contribution is -2.48. The molecule has 0 bridgehead atoms. The molecule has 0 aromatic heterocycles. The number of amides is 2. The number of hydrogen-bond donors (Lipinski definition) is 3. The molecule has 0 radical (unpaired) electrons. The van der Waals surface area contributed by atoms with Gasteiger partial charge in [-0.1, -0.05) is 6.07 Å². The topological polar surface area (TPSA) is 78.4 Å². The van der Waals surface area contributed by atoms with Gasteiger partial charge < -0.3 is 15.7 Å². The van der Waals surface area contributed by atoms with Crippen LogP contribution in [-0.2, 0) is 6.42 Å². The zero-order valence-corrected chi connectivity index (χ0v) is 11.8. The molecule has 0 saturated carbocycles. The van der Waals surface area contributed by atoms with Crippen LogP contribution in [0.3, 0.4) is 0 Å². The highest BCUT2D eigenvalue weighted by molar-refractivity contribution is 6.00. The Morgan fingerprint density at radius 3 is 2.80 bits per heavy atom. The van der Waals surface area contributed by atoms with Crippen LogP contribution >= 0.6 is 0 Å². The molecule has 20 heavy (non-hydrogen) atoms. The van der Waals surface area contributed by atoms with Gasteiger partial charge in [0.25, 0.3) is 0 Å². The first-order chi connectivity index (χ1) is 9.41. The predicted octanol–water partition coefficient (Wildman–Crippen LogP) is 2.10. The van der Waals surface area contributed by atoms with Crippen molar-refractivity contribution < 1.29 is 14.7 Å². The van der Waals surface area contributed by atoms with E-state index in [-0.39, 0.29) is 12.4 Å². The van der Waals surface area contributed by atoms with Crippen LogP contribution in [0.2, 0.25) is 0 Å². The van der Waals surface area contributed by atoms with Crippen LogP contribution in [-0.4, -0.2) is 29.1 Å². The van der Waals surface area contributed by atoms with E-state index in [4.69, 9.17) is 5.11 Å². The van der Waals surface area contributed by atoms with Crippen LogP contribution in [0.5, 0.6) is 0 Å². The molecule has 3 N–H and O–H groups in total. The Hall–Kier alpha value is -1.88. The summed E-state index contributed by atoms with van der Waals surface area (Å²) >= 11 is 0. The number of fused-ring (bicyclic) bond motifs is 1. The normalized spacial score (nSPS) is 14.7. The number of carbonyl (C=O) groups excluding carboxylic acids is 2. The van der Waals surface area contributed by atoms with E-state index in [9.17, 15) is 9.59 Å². The molecule has 1 aliphatic rings. The molecule has 1 aromatic carbocycles. The molecule has 0 fully saturated rings. The second-order valence-electron chi connectivity index (χ2n) is 5.77. The van der Waals surface area contributed by atoms with Crippen molar-refractivity contribution in [2.75, 3.05) is 11.9 Å². The van der Waals surface area contributed by atoms with Crippen molar-refractivity contribution in [3.8, 4) is 0 Å². The average Bonchev–Trinajstić information content (AvgIpc) is 2.39. The van der Waals surface area contributed by atoms with E-state index in [0.717, 1.165) is 18.4 Å². The molecule has 2 rings (SSSR count). The first-order valence-corrected chi connectivity index (χ1v) is 6.77. The fraction of sp³-hybridized carbons (Fsp3) is 0.467. The summed E-state index contributed by atoms with van der Waals surface area (Å²) in [7, 11) is 0. The molecule has 1 aromatic rings. The summed E-state index contributed by atoms with van der Waals surface area (Å²) in [5.41, 5.74) is 1.65. The standard InChI is InChI=1S/C15H20N2O3/c1-15(2,9-18)17-14(20)16-11-7-6-10-4-3-5-13(19)12(10)8-11/h6-8,18H,3-5,9H2,1-2H3,(H2,16,17,20). The third-order valence-corrected chi connectivity index (χ3v) is 3.37. The van der Waals surface area contributed by atoms with E-state index in [1.54, 1.807) is 26.0 Å². The highest BCUT2D eigenvalue weighted by atomic mass is 16.3. The number of ketones is 1. The van der Waals surface area contributed by atoms with Crippen LogP contribution in [0.1, 0.15) is 42.6 Å². The van der Waals surface area contributed by atoms with Gasteiger partial charge >= 0.3 is 6.03 Å². The summed E-state index contributed by atoms with van der Waals surface area (Å²) in [5, 5.41) is 14.5. The quantitative estimate of drug-likeness (QED) is 0.791. The van der Waals surface area contributed by atoms with E-state index >= 15 is 0 Å². The number of hydrogen-bond acceptors (Lipinski definition) is 3. The van der Waals surface area contributed by atoms with Crippen molar-refractivity contribution in [3.05, 3.63) is 29.3 Å². The Bertz CT molecular complexity index is 538. The van der Waals surface area contributed by atoms with E-state index in [0.29, 0.717) is 17.7 Å². The molecule has 1 aliphatic carbocycles. The maximum Gasteiger partial charge on any atom is 0.319 e. The zero-order valence-electron chi connectivity index (χ0n) is 11.8. The lowest BCUT2D eigenvalue weighted by molar-refractivity contribution is 0.0972. The molecular weight excluding hydrogens is 256 g/mol. The summed E-state index contributed by atoms with van der Waals surface area (Å²) in [6, 6.07) is 5.01. The molecule has 0 aliphatic heterocycles. The summed E-state index contributed by atoms with van der Waals surface area (Å²) in [4.78, 5) is 23.7. The lowest BCUT2D eigenvalue weighted by atomic mass is 9.90. The van der Waals surface area contributed by atoms with Crippen LogP contribution in [0.4, 0.5) is 10.5 Å². The Balaban J connectivity index is 2.09. The Kier molecular flexibility index (Phi) is 4.09. The van der Waals surface area contributed by atoms with E-state index < -0.39 is 11.6 Å². The van der Waals surface area contributed by atoms with Gasteiger partial charge in [-0.05, 0) is 44.4 Å². The number of benzene rings is 1. The summed E-state index contributed by atoms with van der Waals surface area (Å²) in [6.07, 6.45) is 2.37. The molecule has 0 unspecified atom stereocenters. The van der Waals surface area contributed by atoms with E-state index in [1.165, 1.54) is 0 Å². The van der Waals surface area contributed by atoms with Gasteiger partial charge in [-0.3, -0.25) is 4.79 Å². The van der Waals surface area contributed by atoms with Gasteiger partial charge in [0, 0.05) is 17.7 Å². The van der Waals surface area contributed by atoms with Crippen LogP contribution in [0, 0.1) is 0 Å². The van der Waals surface area contributed by atoms with Crippen LogP contribution in [0.25, 0.3) is 0 Å². The zero-order chi connectivity index (χ0) is 14.8. The predicted molar refractivity (Wildman–Crippen MR) is 77.0 cm³/mol. The number of aliphatic hydroxyl groups is 1. The van der Waals surface area contributed by atoms with Crippen LogP contribution in [0.15, 0.2) is 18.2 Å². The number of anilines is 1. The number of rotatable bonds is 3. The van der Waals surface area contributed by atoms with Gasteiger partial charge in [0.2, 0.25) is 0 Å². The molecule has 0 heterocycles. The maximum atomic E-state index is 11.8. The van der Waals surface area contributed by atoms with Gasteiger partial charge in [-0.2, -0.15) is 0 Å². The minimum absolute atomic E-state index is 0.131. The minimum Gasteiger partial charge on any atom is -0.394 e. The number of carbonyl (C=O) groups is 2. The largest absolute Gasteiger partial charge is 0.394 e. The number of nitrogens with one attached hydrogen (secondary N) is 2. The molecule has 0 atom stereocenters. The molecule has 0 spiro atoms. The van der Waals surface area contributed by atoms with Crippen LogP contribution < -0.4 is 10.6 Å². The maximum absolute atomic E-state index is 11.8. The molecular formula is C15H20N2O3. The SMILES string of the molecule is CC(C)(CO)NC(=O)Nc1ccc2c(c1)C(=O)CCC2. The monoisotopic (exact) mass is 276 g/mol. The number of aliphatic hydroxyl groups excluding tert-OH is 1. The smallest absolute Gasteiger partial charge is 0.319 e. The first kappa shape index (κ1) is 14.5. The summed E-state index contributed by atoms with van der Waals surface area (Å²) in [5.74, 6) is 0.131. The van der Waals surface area contributed by atoms with Gasteiger partial charge in [-0.15, -0.1) is 0 Å². The number of aryl methyl sites for hydroxylation is 1. The molecule has 5 nitrogen and oxygen atoms in total. The molecule has 108 valence electrons. The van der Waals surface area contributed by atoms with Gasteiger partial charge in [0.1, 0.15) is 0 Å². The fourth-order valence-corrected chi connectivity index (χ4v) is 2.22. The average molecular weight is 276 g/mol. The van der Waals surface area contributed by atoms with Crippen molar-refractivity contribution in [1.29, 1.82) is 0 Å². The fourth-order valence-electron chi connectivity index (χ4n) is 2.22. The molecule has 5 heteroatoms. The summed E-state index contributed by atoms with van der Waals surface area (Å²) < 4.78 is 0. The Morgan fingerprint density at radius 1 is 1.35 bits per heavy atom. The number of Topliss-reactive ketones (excluding diaryl/α,β-unsaturated/α-hetero) is 1. The van der Waals surface area contributed by atoms with Crippen molar-refractivity contribution in [1.82, 2.24) is 5.32 Å². The third-order valence-electron chi connectivity index (χ3n) is 3.37. The van der Waals surface area contributed by atoms with Crippen molar-refractivity contribution >= 4 is 17.5 Å². The van der Waals surface area contributed by atoms with Gasteiger partial charge in [0.15, 0.2) is 5.78 Å². The third kappa shape index (κ3) is 3.36.